The van der Waals surface area contributed by atoms with Crippen molar-refractivity contribution in [2.75, 3.05) is 13.1 Å². The highest BCUT2D eigenvalue weighted by Gasteiger charge is 2.23. The van der Waals surface area contributed by atoms with Crippen LogP contribution in [-0.4, -0.2) is 22.9 Å². The van der Waals surface area contributed by atoms with Crippen molar-refractivity contribution in [3.63, 3.8) is 0 Å². The van der Waals surface area contributed by atoms with E-state index in [-0.39, 0.29) is 0 Å². The zero-order valence-electron chi connectivity index (χ0n) is 11.7. The summed E-state index contributed by atoms with van der Waals surface area (Å²) in [7, 11) is 2.07. The second kappa shape index (κ2) is 5.17. The lowest BCUT2D eigenvalue weighted by Gasteiger charge is -2.23. The lowest BCUT2D eigenvalue weighted by Crippen LogP contribution is -2.29. The van der Waals surface area contributed by atoms with E-state index in [1.54, 1.807) is 0 Å². The van der Waals surface area contributed by atoms with Gasteiger partial charge < -0.3 is 5.32 Å². The molecule has 1 aliphatic heterocycles. The van der Waals surface area contributed by atoms with Crippen molar-refractivity contribution in [1.29, 1.82) is 0 Å². The summed E-state index contributed by atoms with van der Waals surface area (Å²) in [6.45, 7) is 4.44. The first-order valence-corrected chi connectivity index (χ1v) is 7.07. The van der Waals surface area contributed by atoms with E-state index in [0.717, 1.165) is 18.8 Å². The molecule has 1 aromatic heterocycles. The molecule has 1 aromatic carbocycles. The minimum Gasteiger partial charge on any atom is -0.316 e. The van der Waals surface area contributed by atoms with Gasteiger partial charge in [-0.3, -0.25) is 4.68 Å². The Morgan fingerprint density at radius 1 is 1.26 bits per heavy atom. The van der Waals surface area contributed by atoms with Gasteiger partial charge >= 0.3 is 0 Å². The minimum atomic E-state index is 0.601. The maximum Gasteiger partial charge on any atom is 0.0955 e. The van der Waals surface area contributed by atoms with Crippen molar-refractivity contribution < 1.29 is 0 Å². The Hall–Kier alpha value is -1.61. The second-order valence-electron chi connectivity index (χ2n) is 5.39. The molecule has 0 amide bonds. The maximum absolute atomic E-state index is 4.74. The predicted molar refractivity (Wildman–Crippen MR) is 78.2 cm³/mol. The van der Waals surface area contributed by atoms with Crippen LogP contribution in [0, 0.1) is 6.92 Å². The Kier molecular flexibility index (Phi) is 3.38. The zero-order chi connectivity index (χ0) is 13.2. The molecule has 19 heavy (non-hydrogen) atoms. The van der Waals surface area contributed by atoms with Crippen LogP contribution in [0.15, 0.2) is 30.3 Å². The van der Waals surface area contributed by atoms with E-state index in [1.165, 1.54) is 29.7 Å². The Labute approximate surface area is 114 Å². The van der Waals surface area contributed by atoms with E-state index < -0.39 is 0 Å². The van der Waals surface area contributed by atoms with Crippen molar-refractivity contribution in [2.45, 2.75) is 25.7 Å². The summed E-state index contributed by atoms with van der Waals surface area (Å²) in [6.07, 6.45) is 2.53. The highest BCUT2D eigenvalue weighted by Crippen LogP contribution is 2.31. The second-order valence-corrected chi connectivity index (χ2v) is 5.39. The highest BCUT2D eigenvalue weighted by molar-refractivity contribution is 5.64. The molecule has 2 aromatic rings. The van der Waals surface area contributed by atoms with E-state index in [1.807, 2.05) is 6.07 Å². The number of hydrogen-bond acceptors (Lipinski definition) is 2. The summed E-state index contributed by atoms with van der Waals surface area (Å²) >= 11 is 0. The first-order chi connectivity index (χ1) is 9.27. The van der Waals surface area contributed by atoms with Gasteiger partial charge in [0.2, 0.25) is 0 Å². The number of nitrogens with one attached hydrogen (secondary N) is 1. The number of nitrogens with zero attached hydrogens (tertiary/aromatic N) is 2. The number of benzene rings is 1. The molecule has 3 heteroatoms. The van der Waals surface area contributed by atoms with Crippen LogP contribution in [-0.2, 0) is 7.05 Å². The third-order valence-electron chi connectivity index (χ3n) is 4.07. The first-order valence-electron chi connectivity index (χ1n) is 7.07. The van der Waals surface area contributed by atoms with E-state index >= 15 is 0 Å². The van der Waals surface area contributed by atoms with Gasteiger partial charge in [-0.25, -0.2) is 0 Å². The molecule has 1 fully saturated rings. The van der Waals surface area contributed by atoms with E-state index in [0.29, 0.717) is 5.92 Å². The Morgan fingerprint density at radius 2 is 2.05 bits per heavy atom. The average Bonchev–Trinajstić information content (AvgIpc) is 2.76. The van der Waals surface area contributed by atoms with Crippen LogP contribution in [0.25, 0.3) is 11.3 Å². The van der Waals surface area contributed by atoms with Gasteiger partial charge in [0.1, 0.15) is 0 Å². The van der Waals surface area contributed by atoms with Crippen molar-refractivity contribution in [2.24, 2.45) is 7.05 Å². The number of piperidine rings is 1. The molecule has 0 radical (unpaired) electrons. The summed E-state index contributed by atoms with van der Waals surface area (Å²) in [5.74, 6) is 0.601. The lowest BCUT2D eigenvalue weighted by atomic mass is 9.92. The highest BCUT2D eigenvalue weighted by atomic mass is 15.3. The Balaban J connectivity index is 2.00. The number of aromatic nitrogens is 2. The molecule has 3 nitrogen and oxygen atoms in total. The predicted octanol–water partition coefficient (Wildman–Crippen LogP) is 2.86. The van der Waals surface area contributed by atoms with Crippen LogP contribution in [0.2, 0.25) is 0 Å². The molecule has 0 bridgehead atoms. The molecule has 2 heterocycles. The SMILES string of the molecule is Cc1c(-c2ccccc2)nn(C)c1C1CCCNC1. The van der Waals surface area contributed by atoms with Crippen molar-refractivity contribution in [3.8, 4) is 11.3 Å². The lowest BCUT2D eigenvalue weighted by molar-refractivity contribution is 0.440. The van der Waals surface area contributed by atoms with Gasteiger partial charge in [0.25, 0.3) is 0 Å². The average molecular weight is 255 g/mol. The Morgan fingerprint density at radius 3 is 2.74 bits per heavy atom. The van der Waals surface area contributed by atoms with E-state index in [4.69, 9.17) is 5.10 Å². The summed E-state index contributed by atoms with van der Waals surface area (Å²) < 4.78 is 2.08. The van der Waals surface area contributed by atoms with Crippen LogP contribution < -0.4 is 5.32 Å². The molecule has 1 aliphatic rings. The topological polar surface area (TPSA) is 29.9 Å². The molecule has 1 saturated heterocycles. The smallest absolute Gasteiger partial charge is 0.0955 e. The van der Waals surface area contributed by atoms with Crippen LogP contribution in [0.4, 0.5) is 0 Å². The van der Waals surface area contributed by atoms with Crippen LogP contribution in [0.5, 0.6) is 0 Å². The molecule has 3 rings (SSSR count). The molecule has 1 unspecified atom stereocenters. The normalized spacial score (nSPS) is 19.6. The van der Waals surface area contributed by atoms with Crippen molar-refractivity contribution in [1.82, 2.24) is 15.1 Å². The number of rotatable bonds is 2. The van der Waals surface area contributed by atoms with Gasteiger partial charge in [0.05, 0.1) is 5.69 Å². The van der Waals surface area contributed by atoms with Crippen molar-refractivity contribution >= 4 is 0 Å². The first kappa shape index (κ1) is 12.4. The van der Waals surface area contributed by atoms with Gasteiger partial charge in [-0.05, 0) is 31.9 Å². The fraction of sp³-hybridized carbons (Fsp3) is 0.438. The summed E-state index contributed by atoms with van der Waals surface area (Å²) in [5, 5.41) is 8.24. The number of hydrogen-bond donors (Lipinski definition) is 1. The van der Waals surface area contributed by atoms with Crippen LogP contribution in [0.3, 0.4) is 0 Å². The molecule has 100 valence electrons. The molecule has 0 saturated carbocycles. The molecular weight excluding hydrogens is 234 g/mol. The third kappa shape index (κ3) is 2.30. The molecular formula is C16H21N3. The van der Waals surface area contributed by atoms with Gasteiger partial charge in [0.15, 0.2) is 0 Å². The minimum absolute atomic E-state index is 0.601. The summed E-state index contributed by atoms with van der Waals surface area (Å²) in [4.78, 5) is 0. The molecule has 0 spiro atoms. The monoisotopic (exact) mass is 255 g/mol. The van der Waals surface area contributed by atoms with Crippen LogP contribution >= 0.6 is 0 Å². The maximum atomic E-state index is 4.74. The van der Waals surface area contributed by atoms with Gasteiger partial charge in [0, 0.05) is 30.8 Å². The largest absolute Gasteiger partial charge is 0.316 e. The number of aryl methyl sites for hydroxylation is 1. The molecule has 1 N–H and O–H groups in total. The fourth-order valence-electron chi connectivity index (χ4n) is 3.17. The van der Waals surface area contributed by atoms with Gasteiger partial charge in [-0.2, -0.15) is 5.10 Å². The molecule has 0 aliphatic carbocycles. The van der Waals surface area contributed by atoms with Crippen LogP contribution in [0.1, 0.15) is 30.0 Å². The van der Waals surface area contributed by atoms with Gasteiger partial charge in [-0.1, -0.05) is 30.3 Å². The molecule has 1 atom stereocenters. The Bertz CT molecular complexity index is 551. The fourth-order valence-corrected chi connectivity index (χ4v) is 3.17. The zero-order valence-corrected chi connectivity index (χ0v) is 11.7. The summed E-state index contributed by atoms with van der Waals surface area (Å²) in [5.41, 5.74) is 5.07. The van der Waals surface area contributed by atoms with Crippen molar-refractivity contribution in [3.05, 3.63) is 41.6 Å². The third-order valence-corrected chi connectivity index (χ3v) is 4.07. The van der Waals surface area contributed by atoms with Gasteiger partial charge in [-0.15, -0.1) is 0 Å². The summed E-state index contributed by atoms with van der Waals surface area (Å²) in [6, 6.07) is 10.5. The van der Waals surface area contributed by atoms with E-state index in [9.17, 15) is 0 Å². The quantitative estimate of drug-likeness (QED) is 0.894. The standard InChI is InChI=1S/C16H21N3/c1-12-15(13-7-4-3-5-8-13)18-19(2)16(12)14-9-6-10-17-11-14/h3-5,7-8,14,17H,6,9-11H2,1-2H3. The van der Waals surface area contributed by atoms with E-state index in [2.05, 4.69) is 48.2 Å².